The van der Waals surface area contributed by atoms with Crippen molar-refractivity contribution in [3.05, 3.63) is 39.9 Å². The van der Waals surface area contributed by atoms with Crippen molar-refractivity contribution in [2.75, 3.05) is 11.5 Å². The van der Waals surface area contributed by atoms with Gasteiger partial charge in [0.15, 0.2) is 0 Å². The molecule has 1 saturated heterocycles. The summed E-state index contributed by atoms with van der Waals surface area (Å²) in [5.41, 5.74) is 1.03. The van der Waals surface area contributed by atoms with Crippen molar-refractivity contribution in [2.45, 2.75) is 16.4 Å². The normalized spacial score (nSPS) is 20.4. The highest BCUT2D eigenvalue weighted by Gasteiger charge is 2.54. The molecule has 2 aliphatic rings. The highest BCUT2D eigenvalue weighted by molar-refractivity contribution is 8.01. The van der Waals surface area contributed by atoms with Crippen LogP contribution in [-0.2, 0) is 25.6 Å². The van der Waals surface area contributed by atoms with Crippen molar-refractivity contribution in [2.24, 2.45) is 0 Å². The average molecular weight is 484 g/mol. The first-order valence-electron chi connectivity index (χ1n) is 8.40. The van der Waals surface area contributed by atoms with Gasteiger partial charge in [0.05, 0.1) is 6.20 Å². The van der Waals surface area contributed by atoms with Gasteiger partial charge in [0.25, 0.3) is 11.8 Å². The molecular formula is C16H13N5O5S4. The lowest BCUT2D eigenvalue weighted by atomic mass is 10.0. The first kappa shape index (κ1) is 20.8. The third-order valence-electron chi connectivity index (χ3n) is 4.40. The summed E-state index contributed by atoms with van der Waals surface area (Å²) < 4.78 is 11.4. The smallest absolute Gasteiger partial charge is 0.352 e. The van der Waals surface area contributed by atoms with Crippen LogP contribution in [-0.4, -0.2) is 75.2 Å². The molecule has 0 bridgehead atoms. The van der Waals surface area contributed by atoms with Gasteiger partial charge in [0, 0.05) is 17.1 Å². The Kier molecular flexibility index (Phi) is 6.08. The standard InChI is InChI=1S/C16H13N5O5S4/c22-13(12(30-26)7-1-2-27-4-7)18-10-14(23)21-11(16(24)25)8(6-29-15(10)21)5-28-9-3-17-20-19-9/h1-4,10,15H,5-6H2,(H,18,22)(H,24,25)(H,17,19,20)/t10?,15-/m1/s1. The van der Waals surface area contributed by atoms with E-state index in [9.17, 15) is 23.7 Å². The number of amides is 2. The minimum absolute atomic E-state index is 0.0254. The van der Waals surface area contributed by atoms with Gasteiger partial charge in [-0.05, 0) is 22.4 Å². The van der Waals surface area contributed by atoms with Gasteiger partial charge >= 0.3 is 5.97 Å². The summed E-state index contributed by atoms with van der Waals surface area (Å²) in [6.45, 7) is 0. The Morgan fingerprint density at radius 2 is 2.27 bits per heavy atom. The van der Waals surface area contributed by atoms with Gasteiger partial charge in [0.1, 0.15) is 38.3 Å². The van der Waals surface area contributed by atoms with Crippen LogP contribution >= 0.6 is 34.9 Å². The number of aliphatic carboxylic acids is 1. The summed E-state index contributed by atoms with van der Waals surface area (Å²) in [6.07, 6.45) is 1.53. The van der Waals surface area contributed by atoms with E-state index in [4.69, 9.17) is 0 Å². The Morgan fingerprint density at radius 3 is 2.90 bits per heavy atom. The number of hydrogen-bond acceptors (Lipinski definition) is 9. The number of carbonyl (C=O) groups excluding carboxylic acids is 2. The molecule has 2 aliphatic heterocycles. The highest BCUT2D eigenvalue weighted by atomic mass is 32.2. The van der Waals surface area contributed by atoms with Crippen LogP contribution in [0.3, 0.4) is 0 Å². The average Bonchev–Trinajstić information content (AvgIpc) is 3.44. The van der Waals surface area contributed by atoms with Crippen molar-refractivity contribution in [1.82, 2.24) is 25.6 Å². The lowest BCUT2D eigenvalue weighted by molar-refractivity contribution is -0.150. The van der Waals surface area contributed by atoms with Gasteiger partial charge in [-0.2, -0.15) is 11.3 Å². The Morgan fingerprint density at radius 1 is 1.43 bits per heavy atom. The van der Waals surface area contributed by atoms with Gasteiger partial charge in [-0.15, -0.1) is 28.6 Å². The molecule has 2 amide bonds. The van der Waals surface area contributed by atoms with Crippen LogP contribution in [0.15, 0.2) is 39.3 Å². The van der Waals surface area contributed by atoms with Crippen LogP contribution in [0, 0.1) is 0 Å². The van der Waals surface area contributed by atoms with Crippen LogP contribution in [0.4, 0.5) is 0 Å². The number of nitrogens with zero attached hydrogens (tertiary/aromatic N) is 3. The maximum atomic E-state index is 12.7. The summed E-state index contributed by atoms with van der Waals surface area (Å²) >= 11 is 4.12. The van der Waals surface area contributed by atoms with Crippen LogP contribution in [0.5, 0.6) is 0 Å². The van der Waals surface area contributed by atoms with Gasteiger partial charge in [-0.25, -0.2) is 9.00 Å². The number of carbonyl (C=O) groups is 3. The number of aromatic amines is 1. The van der Waals surface area contributed by atoms with E-state index in [1.54, 1.807) is 16.8 Å². The molecule has 0 saturated carbocycles. The van der Waals surface area contributed by atoms with E-state index in [2.05, 4.69) is 20.7 Å². The summed E-state index contributed by atoms with van der Waals surface area (Å²) in [7, 11) is 0. The lowest BCUT2D eigenvalue weighted by Crippen LogP contribution is -2.71. The first-order valence-corrected chi connectivity index (χ1v) is 12.1. The van der Waals surface area contributed by atoms with Gasteiger partial charge in [-0.3, -0.25) is 19.6 Å². The first-order chi connectivity index (χ1) is 14.5. The molecule has 4 rings (SSSR count). The van der Waals surface area contributed by atoms with Crippen molar-refractivity contribution in [1.29, 1.82) is 0 Å². The predicted octanol–water partition coefficient (Wildman–Crippen LogP) is 0.131. The third kappa shape index (κ3) is 3.82. The molecule has 1 unspecified atom stereocenters. The van der Waals surface area contributed by atoms with Crippen molar-refractivity contribution in [3.63, 3.8) is 0 Å². The maximum absolute atomic E-state index is 12.7. The largest absolute Gasteiger partial charge is 0.477 e. The molecule has 3 N–H and O–H groups in total. The number of hydrogen-bond donors (Lipinski definition) is 3. The SMILES string of the molecule is O=S=C(C(=O)NC1C(=O)N2C(C(=O)O)=C(CSc3cnn[nH]3)CS[C@H]12)c1ccsc1. The fourth-order valence-corrected chi connectivity index (χ4v) is 6.38. The maximum Gasteiger partial charge on any atom is 0.352 e. The number of H-pyrrole nitrogens is 1. The van der Waals surface area contributed by atoms with E-state index in [1.165, 1.54) is 46.0 Å². The Bertz CT molecular complexity index is 1080. The molecule has 0 spiro atoms. The third-order valence-corrected chi connectivity index (χ3v) is 8.02. The van der Waals surface area contributed by atoms with Crippen LogP contribution < -0.4 is 5.32 Å². The molecule has 10 nitrogen and oxygen atoms in total. The quantitative estimate of drug-likeness (QED) is 0.216. The molecule has 1 fully saturated rings. The van der Waals surface area contributed by atoms with Crippen LogP contribution in [0.1, 0.15) is 5.56 Å². The van der Waals surface area contributed by atoms with Crippen LogP contribution in [0.2, 0.25) is 0 Å². The molecule has 2 atom stereocenters. The second-order valence-electron chi connectivity index (χ2n) is 6.15. The molecule has 30 heavy (non-hydrogen) atoms. The molecular weight excluding hydrogens is 470 g/mol. The van der Waals surface area contributed by atoms with E-state index in [1.807, 2.05) is 0 Å². The molecule has 0 radical (unpaired) electrons. The van der Waals surface area contributed by atoms with Crippen molar-refractivity contribution < 1.29 is 23.7 Å². The zero-order valence-corrected chi connectivity index (χ0v) is 18.2. The molecule has 0 aliphatic carbocycles. The Balaban J connectivity index is 1.49. The topological polar surface area (TPSA) is 145 Å². The number of rotatable bonds is 7. The second kappa shape index (κ2) is 8.75. The fourth-order valence-electron chi connectivity index (χ4n) is 3.03. The molecule has 156 valence electrons. The number of thioether (sulfide) groups is 2. The zero-order valence-electron chi connectivity index (χ0n) is 14.9. The number of β-lactam (4-membered cyclic amide) rings is 1. The molecule has 14 heteroatoms. The number of fused-ring (bicyclic) bond motifs is 1. The summed E-state index contributed by atoms with van der Waals surface area (Å²) in [5.74, 6) is -1.59. The summed E-state index contributed by atoms with van der Waals surface area (Å²) in [5, 5.41) is 25.8. The van der Waals surface area contributed by atoms with E-state index in [-0.39, 0.29) is 21.8 Å². The fraction of sp³-hybridized carbons (Fsp3) is 0.250. The van der Waals surface area contributed by atoms with E-state index in [0.29, 0.717) is 27.7 Å². The zero-order chi connectivity index (χ0) is 21.3. The number of carboxylic acids is 1. The Hall–Kier alpha value is -2.42. The minimum atomic E-state index is -1.20. The lowest BCUT2D eigenvalue weighted by Gasteiger charge is -2.49. The van der Waals surface area contributed by atoms with Crippen molar-refractivity contribution in [3.8, 4) is 0 Å². The van der Waals surface area contributed by atoms with Crippen molar-refractivity contribution >= 4 is 68.8 Å². The molecule has 4 heterocycles. The number of aromatic nitrogens is 3. The number of carboxylic acid groups (broad SMARTS) is 1. The van der Waals surface area contributed by atoms with E-state index in [0.717, 1.165) is 0 Å². The summed E-state index contributed by atoms with van der Waals surface area (Å²) in [4.78, 5) is 38.3. The monoisotopic (exact) mass is 483 g/mol. The van der Waals surface area contributed by atoms with Gasteiger partial charge in [0.2, 0.25) is 0 Å². The highest BCUT2D eigenvalue weighted by Crippen LogP contribution is 2.41. The predicted molar refractivity (Wildman–Crippen MR) is 113 cm³/mol. The minimum Gasteiger partial charge on any atom is -0.477 e. The van der Waals surface area contributed by atoms with Gasteiger partial charge < -0.3 is 10.4 Å². The van der Waals surface area contributed by atoms with Crippen LogP contribution in [0.25, 0.3) is 0 Å². The summed E-state index contributed by atoms with van der Waals surface area (Å²) in [6, 6.07) is 0.766. The Labute approximate surface area is 185 Å². The number of thiophene rings is 1. The van der Waals surface area contributed by atoms with E-state index < -0.39 is 29.2 Å². The molecule has 2 aromatic heterocycles. The molecule has 2 aromatic rings. The van der Waals surface area contributed by atoms with Gasteiger partial charge in [-0.1, -0.05) is 5.21 Å². The van der Waals surface area contributed by atoms with E-state index >= 15 is 0 Å². The second-order valence-corrected chi connectivity index (χ2v) is 9.63. The number of nitrogens with one attached hydrogen (secondary N) is 2. The molecule has 0 aromatic carbocycles.